The third-order valence-corrected chi connectivity index (χ3v) is 3.02. The second-order valence-corrected chi connectivity index (χ2v) is 4.21. The number of pyridine rings is 1. The minimum absolute atomic E-state index is 0.0208. The summed E-state index contributed by atoms with van der Waals surface area (Å²) in [7, 11) is 5.49. The Morgan fingerprint density at radius 3 is 2.67 bits per heavy atom. The molecule has 2 rings (SSSR count). The summed E-state index contributed by atoms with van der Waals surface area (Å²) >= 11 is 0. The molecule has 5 nitrogen and oxygen atoms in total. The van der Waals surface area contributed by atoms with Gasteiger partial charge in [0.1, 0.15) is 5.75 Å². The van der Waals surface area contributed by atoms with E-state index in [4.69, 9.17) is 4.74 Å². The van der Waals surface area contributed by atoms with E-state index >= 15 is 0 Å². The van der Waals surface area contributed by atoms with Crippen molar-refractivity contribution in [2.45, 2.75) is 13.0 Å². The lowest BCUT2D eigenvalue weighted by Gasteiger charge is -2.14. The first-order valence-electron chi connectivity index (χ1n) is 5.82. The molecule has 2 heterocycles. The Bertz CT molecular complexity index is 516. The molecule has 2 aromatic heterocycles. The smallest absolute Gasteiger partial charge is 0.137 e. The lowest BCUT2D eigenvalue weighted by molar-refractivity contribution is 0.411. The molecule has 0 spiro atoms. The Hall–Kier alpha value is -1.88. The van der Waals surface area contributed by atoms with Crippen molar-refractivity contribution in [3.8, 4) is 5.75 Å². The van der Waals surface area contributed by atoms with E-state index in [0.29, 0.717) is 0 Å². The molecule has 0 aliphatic carbocycles. The number of nitrogens with zero attached hydrogens (tertiary/aromatic N) is 3. The van der Waals surface area contributed by atoms with Gasteiger partial charge in [-0.3, -0.25) is 9.67 Å². The van der Waals surface area contributed by atoms with E-state index in [-0.39, 0.29) is 6.04 Å². The van der Waals surface area contributed by atoms with Crippen LogP contribution in [0, 0.1) is 6.92 Å². The lowest BCUT2D eigenvalue weighted by atomic mass is 10.1. The highest BCUT2D eigenvalue weighted by Gasteiger charge is 2.16. The van der Waals surface area contributed by atoms with Gasteiger partial charge in [-0.2, -0.15) is 5.10 Å². The molecule has 1 unspecified atom stereocenters. The van der Waals surface area contributed by atoms with Crippen molar-refractivity contribution in [3.05, 3.63) is 41.5 Å². The molecule has 96 valence electrons. The molecular formula is C13H18N4O. The molecule has 5 heteroatoms. The van der Waals surface area contributed by atoms with Crippen LogP contribution in [0.2, 0.25) is 0 Å². The zero-order chi connectivity index (χ0) is 13.1. The van der Waals surface area contributed by atoms with E-state index in [2.05, 4.69) is 21.5 Å². The maximum Gasteiger partial charge on any atom is 0.137 e. The van der Waals surface area contributed by atoms with E-state index in [1.807, 2.05) is 38.0 Å². The molecule has 0 aromatic carbocycles. The summed E-state index contributed by atoms with van der Waals surface area (Å²) in [6, 6.07) is 4.06. The second kappa shape index (κ2) is 5.18. The Labute approximate surface area is 107 Å². The third-order valence-electron chi connectivity index (χ3n) is 3.02. The fourth-order valence-corrected chi connectivity index (χ4v) is 1.92. The molecule has 0 saturated heterocycles. The second-order valence-electron chi connectivity index (χ2n) is 4.21. The molecule has 18 heavy (non-hydrogen) atoms. The molecule has 0 saturated carbocycles. The number of hydrogen-bond acceptors (Lipinski definition) is 4. The van der Waals surface area contributed by atoms with Crippen LogP contribution in [0.15, 0.2) is 24.5 Å². The van der Waals surface area contributed by atoms with Gasteiger partial charge in [-0.25, -0.2) is 0 Å². The Kier molecular flexibility index (Phi) is 3.62. The number of methoxy groups -OCH3 is 1. The van der Waals surface area contributed by atoms with E-state index in [9.17, 15) is 0 Å². The summed E-state index contributed by atoms with van der Waals surface area (Å²) in [4.78, 5) is 4.18. The van der Waals surface area contributed by atoms with Crippen LogP contribution >= 0.6 is 0 Å². The van der Waals surface area contributed by atoms with Crippen LogP contribution < -0.4 is 10.1 Å². The minimum Gasteiger partial charge on any atom is -0.495 e. The highest BCUT2D eigenvalue weighted by molar-refractivity contribution is 5.31. The molecule has 2 aromatic rings. The average molecular weight is 246 g/mol. The molecule has 0 bridgehead atoms. The largest absolute Gasteiger partial charge is 0.495 e. The van der Waals surface area contributed by atoms with Gasteiger partial charge >= 0.3 is 0 Å². The SMILES string of the molecule is CNC(c1cncc(OC)c1)c1cc(C)n(C)n1. The predicted molar refractivity (Wildman–Crippen MR) is 69.6 cm³/mol. The van der Waals surface area contributed by atoms with Crippen LogP contribution in [0.25, 0.3) is 0 Å². The van der Waals surface area contributed by atoms with Gasteiger partial charge in [0.15, 0.2) is 0 Å². The van der Waals surface area contributed by atoms with Crippen LogP contribution in [0.1, 0.15) is 23.0 Å². The standard InChI is InChI=1S/C13H18N4O/c1-9-5-12(16-17(9)3)13(14-2)10-6-11(18-4)8-15-7-10/h5-8,13-14H,1-4H3. The van der Waals surface area contributed by atoms with Gasteiger partial charge in [0.25, 0.3) is 0 Å². The monoisotopic (exact) mass is 246 g/mol. The number of aryl methyl sites for hydroxylation is 2. The summed E-state index contributed by atoms with van der Waals surface area (Å²) in [6.07, 6.45) is 3.52. The number of hydrogen-bond donors (Lipinski definition) is 1. The average Bonchev–Trinajstić information content (AvgIpc) is 2.70. The third kappa shape index (κ3) is 2.36. The maximum atomic E-state index is 5.20. The molecule has 0 aliphatic heterocycles. The van der Waals surface area contributed by atoms with Crippen molar-refractivity contribution in [2.75, 3.05) is 14.2 Å². The van der Waals surface area contributed by atoms with E-state index < -0.39 is 0 Å². The zero-order valence-electron chi connectivity index (χ0n) is 11.1. The van der Waals surface area contributed by atoms with Gasteiger partial charge in [0, 0.05) is 18.9 Å². The van der Waals surface area contributed by atoms with Crippen molar-refractivity contribution >= 4 is 0 Å². The van der Waals surface area contributed by atoms with E-state index in [0.717, 1.165) is 22.7 Å². The first kappa shape index (κ1) is 12.6. The molecule has 1 atom stereocenters. The quantitative estimate of drug-likeness (QED) is 0.887. The zero-order valence-corrected chi connectivity index (χ0v) is 11.1. The number of aromatic nitrogens is 3. The summed E-state index contributed by atoms with van der Waals surface area (Å²) in [6.45, 7) is 2.03. The van der Waals surface area contributed by atoms with Crippen LogP contribution in [-0.4, -0.2) is 28.9 Å². The number of rotatable bonds is 4. The van der Waals surface area contributed by atoms with E-state index in [1.54, 1.807) is 13.3 Å². The first-order chi connectivity index (χ1) is 8.65. The molecule has 0 amide bonds. The van der Waals surface area contributed by atoms with Crippen LogP contribution in [0.3, 0.4) is 0 Å². The summed E-state index contributed by atoms with van der Waals surface area (Å²) in [5, 5.41) is 7.75. The molecular weight excluding hydrogens is 228 g/mol. The molecule has 0 fully saturated rings. The Morgan fingerprint density at radius 1 is 1.33 bits per heavy atom. The summed E-state index contributed by atoms with van der Waals surface area (Å²) < 4.78 is 7.07. The van der Waals surface area contributed by atoms with Gasteiger partial charge in [-0.15, -0.1) is 0 Å². The van der Waals surface area contributed by atoms with E-state index in [1.165, 1.54) is 0 Å². The number of ether oxygens (including phenoxy) is 1. The van der Waals surface area contributed by atoms with Crippen LogP contribution in [0.5, 0.6) is 5.75 Å². The van der Waals surface area contributed by atoms with Gasteiger partial charge in [0.2, 0.25) is 0 Å². The topological polar surface area (TPSA) is 52.0 Å². The van der Waals surface area contributed by atoms with Crippen LogP contribution in [-0.2, 0) is 7.05 Å². The Morgan fingerprint density at radius 2 is 2.11 bits per heavy atom. The minimum atomic E-state index is 0.0208. The fourth-order valence-electron chi connectivity index (χ4n) is 1.92. The summed E-state index contributed by atoms with van der Waals surface area (Å²) in [5.74, 6) is 0.750. The molecule has 1 N–H and O–H groups in total. The van der Waals surface area contributed by atoms with Crippen molar-refractivity contribution < 1.29 is 4.74 Å². The number of nitrogens with one attached hydrogen (secondary N) is 1. The predicted octanol–water partition coefficient (Wildman–Crippen LogP) is 1.44. The van der Waals surface area contributed by atoms with Gasteiger partial charge < -0.3 is 10.1 Å². The van der Waals surface area contributed by atoms with Gasteiger partial charge in [-0.1, -0.05) is 0 Å². The van der Waals surface area contributed by atoms with Crippen LogP contribution in [0.4, 0.5) is 0 Å². The highest BCUT2D eigenvalue weighted by Crippen LogP contribution is 2.23. The highest BCUT2D eigenvalue weighted by atomic mass is 16.5. The van der Waals surface area contributed by atoms with Gasteiger partial charge in [-0.05, 0) is 31.7 Å². The van der Waals surface area contributed by atoms with Crippen molar-refractivity contribution in [2.24, 2.45) is 7.05 Å². The Balaban J connectivity index is 2.38. The summed E-state index contributed by atoms with van der Waals surface area (Å²) in [5.41, 5.74) is 3.14. The first-order valence-corrected chi connectivity index (χ1v) is 5.82. The van der Waals surface area contributed by atoms with Crippen molar-refractivity contribution in [1.29, 1.82) is 0 Å². The van der Waals surface area contributed by atoms with Gasteiger partial charge in [0.05, 0.1) is 25.0 Å². The molecule has 0 aliphatic rings. The van der Waals surface area contributed by atoms with Crippen molar-refractivity contribution in [1.82, 2.24) is 20.1 Å². The maximum absolute atomic E-state index is 5.20. The fraction of sp³-hybridized carbons (Fsp3) is 0.385. The lowest BCUT2D eigenvalue weighted by Crippen LogP contribution is -2.18. The molecule has 0 radical (unpaired) electrons. The van der Waals surface area contributed by atoms with Crippen molar-refractivity contribution in [3.63, 3.8) is 0 Å². The normalized spacial score (nSPS) is 12.4.